The second-order valence-corrected chi connectivity index (χ2v) is 7.30. The van der Waals surface area contributed by atoms with Gasteiger partial charge in [0.25, 0.3) is 10.0 Å². The molecule has 0 bridgehead atoms. The summed E-state index contributed by atoms with van der Waals surface area (Å²) in [6.07, 6.45) is 2.60. The largest absolute Gasteiger partial charge is 0.495 e. The molecular formula is C17H23N3O3S. The van der Waals surface area contributed by atoms with E-state index in [-0.39, 0.29) is 10.7 Å². The van der Waals surface area contributed by atoms with Crippen LogP contribution in [0.2, 0.25) is 0 Å². The number of nitrogens with zero attached hydrogens (tertiary/aromatic N) is 1. The molecule has 2 aromatic rings. The summed E-state index contributed by atoms with van der Waals surface area (Å²) in [4.78, 5) is 4.25. The van der Waals surface area contributed by atoms with Crippen molar-refractivity contribution in [3.63, 3.8) is 0 Å². The van der Waals surface area contributed by atoms with Gasteiger partial charge in [0, 0.05) is 6.04 Å². The quantitative estimate of drug-likeness (QED) is 0.801. The number of anilines is 2. The van der Waals surface area contributed by atoms with Crippen molar-refractivity contribution in [2.45, 2.75) is 38.1 Å². The fraction of sp³-hybridized carbons (Fsp3) is 0.353. The second-order valence-electron chi connectivity index (χ2n) is 5.65. The van der Waals surface area contributed by atoms with E-state index in [1.807, 2.05) is 6.92 Å². The van der Waals surface area contributed by atoms with Crippen LogP contribution in [0.5, 0.6) is 5.75 Å². The fourth-order valence-electron chi connectivity index (χ4n) is 2.11. The molecule has 1 unspecified atom stereocenters. The molecule has 1 heterocycles. The number of hydrogen-bond acceptors (Lipinski definition) is 5. The van der Waals surface area contributed by atoms with Crippen LogP contribution in [0.1, 0.15) is 25.8 Å². The predicted octanol–water partition coefficient (Wildman–Crippen LogP) is 3.41. The van der Waals surface area contributed by atoms with Gasteiger partial charge in [0.1, 0.15) is 16.5 Å². The van der Waals surface area contributed by atoms with Crippen molar-refractivity contribution in [2.75, 3.05) is 17.1 Å². The Hall–Kier alpha value is -2.28. The minimum absolute atomic E-state index is 0.0913. The lowest BCUT2D eigenvalue weighted by atomic mass is 10.2. The van der Waals surface area contributed by atoms with Gasteiger partial charge in [-0.05, 0) is 50.1 Å². The average Bonchev–Trinajstić information content (AvgIpc) is 2.56. The molecule has 24 heavy (non-hydrogen) atoms. The van der Waals surface area contributed by atoms with Crippen LogP contribution in [0.4, 0.5) is 11.5 Å². The number of benzene rings is 1. The summed E-state index contributed by atoms with van der Waals surface area (Å²) >= 11 is 0. The molecule has 130 valence electrons. The first-order chi connectivity index (χ1) is 11.4. The third-order valence-electron chi connectivity index (χ3n) is 3.64. The van der Waals surface area contributed by atoms with E-state index in [9.17, 15) is 8.42 Å². The van der Waals surface area contributed by atoms with Crippen LogP contribution in [0, 0.1) is 6.92 Å². The molecule has 0 spiro atoms. The van der Waals surface area contributed by atoms with Crippen LogP contribution in [0.25, 0.3) is 0 Å². The maximum absolute atomic E-state index is 12.6. The zero-order valence-corrected chi connectivity index (χ0v) is 15.1. The van der Waals surface area contributed by atoms with Crippen molar-refractivity contribution in [1.29, 1.82) is 0 Å². The number of sulfonamides is 1. The number of methoxy groups -OCH3 is 1. The maximum atomic E-state index is 12.6. The Morgan fingerprint density at radius 3 is 2.58 bits per heavy atom. The number of nitrogens with one attached hydrogen (secondary N) is 2. The molecule has 0 saturated carbocycles. The topological polar surface area (TPSA) is 80.3 Å². The molecule has 7 heteroatoms. The second kappa shape index (κ2) is 7.53. The molecular weight excluding hydrogens is 326 g/mol. The SMILES string of the molecule is CCC(C)Nc1ccc(NS(=O)(=O)c2cc(C)ccc2OC)nc1. The molecule has 0 saturated heterocycles. The normalized spacial score (nSPS) is 12.5. The predicted molar refractivity (Wildman–Crippen MR) is 96.2 cm³/mol. The van der Waals surface area contributed by atoms with Crippen LogP contribution in [0.3, 0.4) is 0 Å². The summed E-state index contributed by atoms with van der Waals surface area (Å²) < 4.78 is 32.8. The van der Waals surface area contributed by atoms with E-state index < -0.39 is 10.0 Å². The van der Waals surface area contributed by atoms with Gasteiger partial charge >= 0.3 is 0 Å². The number of ether oxygens (including phenoxy) is 1. The van der Waals surface area contributed by atoms with Crippen LogP contribution in [-0.2, 0) is 10.0 Å². The van der Waals surface area contributed by atoms with E-state index in [0.29, 0.717) is 11.8 Å². The number of aryl methyl sites for hydroxylation is 1. The molecule has 0 aliphatic rings. The van der Waals surface area contributed by atoms with E-state index in [2.05, 4.69) is 28.9 Å². The lowest BCUT2D eigenvalue weighted by molar-refractivity contribution is 0.402. The first-order valence-corrected chi connectivity index (χ1v) is 9.24. The van der Waals surface area contributed by atoms with Crippen molar-refractivity contribution in [3.05, 3.63) is 42.1 Å². The number of hydrogen-bond donors (Lipinski definition) is 2. The third-order valence-corrected chi connectivity index (χ3v) is 5.01. The highest BCUT2D eigenvalue weighted by Gasteiger charge is 2.20. The van der Waals surface area contributed by atoms with Crippen molar-refractivity contribution in [1.82, 2.24) is 4.98 Å². The van der Waals surface area contributed by atoms with Crippen LogP contribution in [0.15, 0.2) is 41.4 Å². The third kappa shape index (κ3) is 4.38. The lowest BCUT2D eigenvalue weighted by Gasteiger charge is -2.14. The summed E-state index contributed by atoms with van der Waals surface area (Å²) in [6, 6.07) is 8.75. The van der Waals surface area contributed by atoms with Crippen molar-refractivity contribution in [3.8, 4) is 5.75 Å². The number of aromatic nitrogens is 1. The van der Waals surface area contributed by atoms with Crippen molar-refractivity contribution >= 4 is 21.5 Å². The summed E-state index contributed by atoms with van der Waals surface area (Å²) in [6.45, 7) is 5.98. The summed E-state index contributed by atoms with van der Waals surface area (Å²) in [5.74, 6) is 0.552. The fourth-order valence-corrected chi connectivity index (χ4v) is 3.38. The molecule has 1 aromatic carbocycles. The monoisotopic (exact) mass is 349 g/mol. The molecule has 0 aliphatic heterocycles. The Bertz CT molecular complexity index is 789. The highest BCUT2D eigenvalue weighted by molar-refractivity contribution is 7.92. The van der Waals surface area contributed by atoms with Crippen molar-refractivity contribution in [2.24, 2.45) is 0 Å². The molecule has 0 radical (unpaired) electrons. The van der Waals surface area contributed by atoms with Crippen LogP contribution < -0.4 is 14.8 Å². The van der Waals surface area contributed by atoms with E-state index >= 15 is 0 Å². The Balaban J connectivity index is 2.22. The molecule has 6 nitrogen and oxygen atoms in total. The number of pyridine rings is 1. The maximum Gasteiger partial charge on any atom is 0.266 e. The van der Waals surface area contributed by atoms with Gasteiger partial charge in [-0.3, -0.25) is 4.72 Å². The molecule has 0 fully saturated rings. The van der Waals surface area contributed by atoms with Gasteiger partial charge in [0.05, 0.1) is 19.0 Å². The van der Waals surface area contributed by atoms with Gasteiger partial charge in [-0.25, -0.2) is 13.4 Å². The minimum atomic E-state index is -3.78. The molecule has 0 aliphatic carbocycles. The molecule has 1 aromatic heterocycles. The average molecular weight is 349 g/mol. The zero-order chi connectivity index (χ0) is 17.7. The van der Waals surface area contributed by atoms with E-state index in [0.717, 1.165) is 17.7 Å². The minimum Gasteiger partial charge on any atom is -0.495 e. The molecule has 2 N–H and O–H groups in total. The van der Waals surface area contributed by atoms with E-state index in [4.69, 9.17) is 4.74 Å². The highest BCUT2D eigenvalue weighted by atomic mass is 32.2. The highest BCUT2D eigenvalue weighted by Crippen LogP contribution is 2.26. The van der Waals surface area contributed by atoms with Gasteiger partial charge in [0.15, 0.2) is 0 Å². The Morgan fingerprint density at radius 2 is 2.00 bits per heavy atom. The first kappa shape index (κ1) is 18.1. The Morgan fingerprint density at radius 1 is 1.25 bits per heavy atom. The summed E-state index contributed by atoms with van der Waals surface area (Å²) in [7, 11) is -2.34. The molecule has 0 amide bonds. The standard InChI is InChI=1S/C17H23N3O3S/c1-5-13(3)19-14-7-9-17(18-11-14)20-24(21,22)16-10-12(2)6-8-15(16)23-4/h6-11,13,19H,5H2,1-4H3,(H,18,20). The van der Waals surface area contributed by atoms with Crippen molar-refractivity contribution < 1.29 is 13.2 Å². The van der Waals surface area contributed by atoms with Crippen LogP contribution >= 0.6 is 0 Å². The van der Waals surface area contributed by atoms with Gasteiger partial charge in [-0.15, -0.1) is 0 Å². The van der Waals surface area contributed by atoms with Crippen LogP contribution in [-0.4, -0.2) is 26.6 Å². The molecule has 1 atom stereocenters. The molecule has 2 rings (SSSR count). The lowest BCUT2D eigenvalue weighted by Crippen LogP contribution is -2.16. The smallest absolute Gasteiger partial charge is 0.266 e. The summed E-state index contributed by atoms with van der Waals surface area (Å²) in [5.41, 5.74) is 1.68. The van der Waals surface area contributed by atoms with E-state index in [1.54, 1.807) is 36.5 Å². The summed E-state index contributed by atoms with van der Waals surface area (Å²) in [5, 5.41) is 3.28. The van der Waals surface area contributed by atoms with Gasteiger partial charge in [-0.2, -0.15) is 0 Å². The van der Waals surface area contributed by atoms with Gasteiger partial charge in [-0.1, -0.05) is 13.0 Å². The number of rotatable bonds is 7. The Labute approximate surface area is 143 Å². The first-order valence-electron chi connectivity index (χ1n) is 7.75. The Kier molecular flexibility index (Phi) is 5.66. The zero-order valence-electron chi connectivity index (χ0n) is 14.3. The van der Waals surface area contributed by atoms with Gasteiger partial charge in [0.2, 0.25) is 0 Å². The van der Waals surface area contributed by atoms with E-state index in [1.165, 1.54) is 7.11 Å². The van der Waals surface area contributed by atoms with Gasteiger partial charge < -0.3 is 10.1 Å².